The molecule has 1 aliphatic heterocycles. The lowest BCUT2D eigenvalue weighted by Gasteiger charge is -2.38. The molecule has 1 aromatic carbocycles. The normalized spacial score (nSPS) is 17.2. The largest absolute Gasteiger partial charge is 0.380 e. The van der Waals surface area contributed by atoms with Crippen molar-refractivity contribution in [2.45, 2.75) is 33.9 Å². The standard InChI is InChI=1S/C17H28N2O/c1-4-19(5-2)11-16-9-7-6-8-15(16)10-18-12-17(3)13-20-14-17/h6-9,18H,4-5,10-14H2,1-3H3. The zero-order valence-electron chi connectivity index (χ0n) is 13.1. The maximum absolute atomic E-state index is 5.30. The van der Waals surface area contributed by atoms with Crippen molar-refractivity contribution in [3.05, 3.63) is 35.4 Å². The second-order valence-electron chi connectivity index (χ2n) is 6.14. The Labute approximate surface area is 123 Å². The highest BCUT2D eigenvalue weighted by Gasteiger charge is 2.32. The number of hydrogen-bond acceptors (Lipinski definition) is 3. The second-order valence-corrected chi connectivity index (χ2v) is 6.14. The molecule has 3 nitrogen and oxygen atoms in total. The van der Waals surface area contributed by atoms with Crippen LogP contribution in [-0.4, -0.2) is 37.7 Å². The lowest BCUT2D eigenvalue weighted by molar-refractivity contribution is -0.0991. The van der Waals surface area contributed by atoms with Crippen LogP contribution >= 0.6 is 0 Å². The molecule has 1 aliphatic rings. The van der Waals surface area contributed by atoms with E-state index in [-0.39, 0.29) is 0 Å². The molecule has 0 atom stereocenters. The van der Waals surface area contributed by atoms with E-state index in [1.807, 2.05) is 0 Å². The third-order valence-electron chi connectivity index (χ3n) is 4.18. The van der Waals surface area contributed by atoms with Crippen molar-refractivity contribution in [3.63, 3.8) is 0 Å². The molecular formula is C17H28N2O. The molecule has 1 N–H and O–H groups in total. The molecule has 1 heterocycles. The Morgan fingerprint density at radius 1 is 1.15 bits per heavy atom. The Hall–Kier alpha value is -0.900. The lowest BCUT2D eigenvalue weighted by atomic mass is 9.88. The van der Waals surface area contributed by atoms with Crippen molar-refractivity contribution in [1.82, 2.24) is 10.2 Å². The fourth-order valence-corrected chi connectivity index (χ4v) is 2.62. The molecule has 0 radical (unpaired) electrons. The van der Waals surface area contributed by atoms with E-state index in [0.717, 1.165) is 45.9 Å². The van der Waals surface area contributed by atoms with Gasteiger partial charge in [-0.05, 0) is 24.2 Å². The minimum Gasteiger partial charge on any atom is -0.380 e. The maximum Gasteiger partial charge on any atom is 0.0554 e. The number of benzene rings is 1. The monoisotopic (exact) mass is 276 g/mol. The summed E-state index contributed by atoms with van der Waals surface area (Å²) in [5, 5.41) is 3.60. The number of ether oxygens (including phenoxy) is 1. The van der Waals surface area contributed by atoms with Crippen molar-refractivity contribution in [2.75, 3.05) is 32.8 Å². The van der Waals surface area contributed by atoms with E-state index in [2.05, 4.69) is 55.3 Å². The van der Waals surface area contributed by atoms with E-state index in [9.17, 15) is 0 Å². The topological polar surface area (TPSA) is 24.5 Å². The van der Waals surface area contributed by atoms with Gasteiger partial charge in [-0.15, -0.1) is 0 Å². The van der Waals surface area contributed by atoms with Gasteiger partial charge in [0.05, 0.1) is 13.2 Å². The van der Waals surface area contributed by atoms with E-state index in [1.54, 1.807) is 0 Å². The first-order valence-electron chi connectivity index (χ1n) is 7.74. The SMILES string of the molecule is CCN(CC)Cc1ccccc1CNCC1(C)COC1. The highest BCUT2D eigenvalue weighted by atomic mass is 16.5. The van der Waals surface area contributed by atoms with Crippen LogP contribution in [0.15, 0.2) is 24.3 Å². The minimum atomic E-state index is 0.341. The smallest absolute Gasteiger partial charge is 0.0554 e. The Kier molecular flexibility index (Phi) is 5.58. The molecular weight excluding hydrogens is 248 g/mol. The summed E-state index contributed by atoms with van der Waals surface area (Å²) in [6, 6.07) is 8.77. The maximum atomic E-state index is 5.30. The minimum absolute atomic E-state index is 0.341. The molecule has 112 valence electrons. The number of rotatable bonds is 8. The third kappa shape index (κ3) is 4.05. The van der Waals surface area contributed by atoms with Gasteiger partial charge in [0.2, 0.25) is 0 Å². The van der Waals surface area contributed by atoms with Gasteiger partial charge in [-0.3, -0.25) is 4.90 Å². The second kappa shape index (κ2) is 7.21. The summed E-state index contributed by atoms with van der Waals surface area (Å²) in [6.07, 6.45) is 0. The summed E-state index contributed by atoms with van der Waals surface area (Å²) in [5.74, 6) is 0. The molecule has 0 saturated carbocycles. The van der Waals surface area contributed by atoms with Crippen LogP contribution in [0.1, 0.15) is 31.9 Å². The van der Waals surface area contributed by atoms with Gasteiger partial charge in [0.25, 0.3) is 0 Å². The van der Waals surface area contributed by atoms with Gasteiger partial charge in [-0.1, -0.05) is 45.0 Å². The van der Waals surface area contributed by atoms with Crippen molar-refractivity contribution < 1.29 is 4.74 Å². The van der Waals surface area contributed by atoms with Gasteiger partial charge in [0.1, 0.15) is 0 Å². The van der Waals surface area contributed by atoms with Crippen LogP contribution in [-0.2, 0) is 17.8 Å². The molecule has 1 fully saturated rings. The van der Waals surface area contributed by atoms with E-state index in [4.69, 9.17) is 4.74 Å². The van der Waals surface area contributed by atoms with Crippen LogP contribution in [0, 0.1) is 5.41 Å². The van der Waals surface area contributed by atoms with Crippen LogP contribution in [0.4, 0.5) is 0 Å². The summed E-state index contributed by atoms with van der Waals surface area (Å²) in [5.41, 5.74) is 3.20. The average molecular weight is 276 g/mol. The summed E-state index contributed by atoms with van der Waals surface area (Å²) >= 11 is 0. The van der Waals surface area contributed by atoms with E-state index in [0.29, 0.717) is 5.41 Å². The molecule has 0 spiro atoms. The predicted molar refractivity (Wildman–Crippen MR) is 83.7 cm³/mol. The summed E-state index contributed by atoms with van der Waals surface area (Å²) in [4.78, 5) is 2.46. The quantitative estimate of drug-likeness (QED) is 0.790. The summed E-state index contributed by atoms with van der Waals surface area (Å²) < 4.78 is 5.30. The number of nitrogens with zero attached hydrogens (tertiary/aromatic N) is 1. The zero-order chi connectivity index (χ0) is 14.4. The van der Waals surface area contributed by atoms with Gasteiger partial charge >= 0.3 is 0 Å². The van der Waals surface area contributed by atoms with Gasteiger partial charge in [0, 0.05) is 25.0 Å². The fourth-order valence-electron chi connectivity index (χ4n) is 2.62. The van der Waals surface area contributed by atoms with E-state index in [1.165, 1.54) is 11.1 Å². The molecule has 2 rings (SSSR count). The first-order chi connectivity index (χ1) is 9.67. The van der Waals surface area contributed by atoms with Gasteiger partial charge in [-0.2, -0.15) is 0 Å². The zero-order valence-corrected chi connectivity index (χ0v) is 13.1. The Morgan fingerprint density at radius 2 is 1.80 bits per heavy atom. The molecule has 0 aromatic heterocycles. The fraction of sp³-hybridized carbons (Fsp3) is 0.647. The van der Waals surface area contributed by atoms with Gasteiger partial charge in [0.15, 0.2) is 0 Å². The third-order valence-corrected chi connectivity index (χ3v) is 4.18. The highest BCUT2D eigenvalue weighted by Crippen LogP contribution is 2.25. The van der Waals surface area contributed by atoms with Crippen molar-refractivity contribution in [2.24, 2.45) is 5.41 Å². The number of nitrogens with one attached hydrogen (secondary N) is 1. The molecule has 1 aromatic rings. The van der Waals surface area contributed by atoms with Crippen molar-refractivity contribution in [3.8, 4) is 0 Å². The Morgan fingerprint density at radius 3 is 2.35 bits per heavy atom. The molecule has 20 heavy (non-hydrogen) atoms. The van der Waals surface area contributed by atoms with Crippen LogP contribution in [0.25, 0.3) is 0 Å². The summed E-state index contributed by atoms with van der Waals surface area (Å²) in [6.45, 7) is 13.8. The summed E-state index contributed by atoms with van der Waals surface area (Å²) in [7, 11) is 0. The first-order valence-corrected chi connectivity index (χ1v) is 7.74. The van der Waals surface area contributed by atoms with Crippen LogP contribution in [0.2, 0.25) is 0 Å². The Bertz CT molecular complexity index is 411. The molecule has 0 bridgehead atoms. The first kappa shape index (κ1) is 15.5. The lowest BCUT2D eigenvalue weighted by Crippen LogP contribution is -2.47. The number of hydrogen-bond donors (Lipinski definition) is 1. The van der Waals surface area contributed by atoms with Crippen LogP contribution in [0.5, 0.6) is 0 Å². The molecule has 0 amide bonds. The van der Waals surface area contributed by atoms with Crippen LogP contribution < -0.4 is 5.32 Å². The van der Waals surface area contributed by atoms with Gasteiger partial charge in [-0.25, -0.2) is 0 Å². The van der Waals surface area contributed by atoms with E-state index >= 15 is 0 Å². The average Bonchev–Trinajstić information content (AvgIpc) is 2.44. The van der Waals surface area contributed by atoms with E-state index < -0.39 is 0 Å². The molecule has 3 heteroatoms. The van der Waals surface area contributed by atoms with Crippen LogP contribution in [0.3, 0.4) is 0 Å². The van der Waals surface area contributed by atoms with Crippen molar-refractivity contribution >= 4 is 0 Å². The predicted octanol–water partition coefficient (Wildman–Crippen LogP) is 2.65. The van der Waals surface area contributed by atoms with Crippen molar-refractivity contribution in [1.29, 1.82) is 0 Å². The Balaban J connectivity index is 1.89. The van der Waals surface area contributed by atoms with Gasteiger partial charge < -0.3 is 10.1 Å². The molecule has 1 saturated heterocycles. The molecule has 0 aliphatic carbocycles. The highest BCUT2D eigenvalue weighted by molar-refractivity contribution is 5.27. The molecule has 0 unspecified atom stereocenters.